The smallest absolute Gasteiger partial charge is 0.242 e. The molecule has 20 heavy (non-hydrogen) atoms. The molecule has 0 saturated carbocycles. The zero-order chi connectivity index (χ0) is 14.8. The highest BCUT2D eigenvalue weighted by Crippen LogP contribution is 2.29. The highest BCUT2D eigenvalue weighted by molar-refractivity contribution is 7.89. The minimum absolute atomic E-state index is 0.0207. The standard InChI is InChI=1S/C12H18ClN3O3S/c1-12(2-4-19-5-3-12)8-16-20(17,18)9-6-10(13)11(14)15-7-9/h6-7,16H,2-5,8H2,1H3,(H2,14,15). The fourth-order valence-electron chi connectivity index (χ4n) is 1.97. The number of ether oxygens (including phenoxy) is 1. The Balaban J connectivity index is 2.09. The molecule has 0 spiro atoms. The molecule has 0 amide bonds. The Labute approximate surface area is 123 Å². The SMILES string of the molecule is CC1(CNS(=O)(=O)c2cnc(N)c(Cl)c2)CCOCC1. The van der Waals surface area contributed by atoms with E-state index < -0.39 is 10.0 Å². The van der Waals surface area contributed by atoms with Gasteiger partial charge in [-0.2, -0.15) is 0 Å². The molecule has 3 N–H and O–H groups in total. The molecule has 1 fully saturated rings. The molecule has 6 nitrogen and oxygen atoms in total. The fourth-order valence-corrected chi connectivity index (χ4v) is 3.37. The Morgan fingerprint density at radius 1 is 1.50 bits per heavy atom. The molecule has 1 aromatic heterocycles. The van der Waals surface area contributed by atoms with Gasteiger partial charge in [0, 0.05) is 26.0 Å². The molecule has 1 saturated heterocycles. The number of halogens is 1. The summed E-state index contributed by atoms with van der Waals surface area (Å²) in [5.74, 6) is 0.113. The summed E-state index contributed by atoms with van der Waals surface area (Å²) in [4.78, 5) is 3.78. The molecule has 8 heteroatoms. The number of pyridine rings is 1. The van der Waals surface area contributed by atoms with Crippen molar-refractivity contribution in [3.63, 3.8) is 0 Å². The summed E-state index contributed by atoms with van der Waals surface area (Å²) in [6, 6.07) is 1.30. The number of anilines is 1. The van der Waals surface area contributed by atoms with Gasteiger partial charge in [0.1, 0.15) is 10.7 Å². The van der Waals surface area contributed by atoms with Crippen LogP contribution in [0.3, 0.4) is 0 Å². The van der Waals surface area contributed by atoms with Crippen LogP contribution in [-0.4, -0.2) is 33.2 Å². The molecule has 0 radical (unpaired) electrons. The van der Waals surface area contributed by atoms with Gasteiger partial charge in [-0.3, -0.25) is 0 Å². The zero-order valence-electron chi connectivity index (χ0n) is 11.2. The number of sulfonamides is 1. The van der Waals surface area contributed by atoms with Crippen molar-refractivity contribution in [3.8, 4) is 0 Å². The zero-order valence-corrected chi connectivity index (χ0v) is 12.8. The molecule has 0 aromatic carbocycles. The Bertz CT molecular complexity index is 586. The number of nitrogen functional groups attached to an aromatic ring is 1. The minimum atomic E-state index is -3.63. The molecule has 2 heterocycles. The van der Waals surface area contributed by atoms with E-state index >= 15 is 0 Å². The Hall–Kier alpha value is -0.890. The van der Waals surface area contributed by atoms with Crippen molar-refractivity contribution in [1.82, 2.24) is 9.71 Å². The lowest BCUT2D eigenvalue weighted by molar-refractivity contribution is 0.0264. The van der Waals surface area contributed by atoms with Crippen molar-refractivity contribution >= 4 is 27.4 Å². The van der Waals surface area contributed by atoms with Crippen molar-refractivity contribution in [2.45, 2.75) is 24.7 Å². The van der Waals surface area contributed by atoms with Crippen LogP contribution in [0.4, 0.5) is 5.82 Å². The van der Waals surface area contributed by atoms with Crippen molar-refractivity contribution in [2.75, 3.05) is 25.5 Å². The number of rotatable bonds is 4. The molecular formula is C12H18ClN3O3S. The lowest BCUT2D eigenvalue weighted by Crippen LogP contribution is -2.39. The lowest BCUT2D eigenvalue weighted by Gasteiger charge is -2.33. The average molecular weight is 320 g/mol. The van der Waals surface area contributed by atoms with Crippen LogP contribution < -0.4 is 10.5 Å². The highest BCUT2D eigenvalue weighted by Gasteiger charge is 2.29. The first-order valence-electron chi connectivity index (χ1n) is 6.31. The summed E-state index contributed by atoms with van der Waals surface area (Å²) in [6.07, 6.45) is 2.86. The summed E-state index contributed by atoms with van der Waals surface area (Å²) >= 11 is 5.80. The first-order valence-corrected chi connectivity index (χ1v) is 8.17. The molecule has 2 rings (SSSR count). The number of nitrogens with one attached hydrogen (secondary N) is 1. The minimum Gasteiger partial charge on any atom is -0.382 e. The van der Waals surface area contributed by atoms with Crippen LogP contribution in [0, 0.1) is 5.41 Å². The van der Waals surface area contributed by atoms with Crippen LogP contribution in [0.15, 0.2) is 17.2 Å². The molecule has 1 aliphatic rings. The van der Waals surface area contributed by atoms with Gasteiger partial charge < -0.3 is 10.5 Å². The molecular weight excluding hydrogens is 302 g/mol. The Kier molecular flexibility index (Phi) is 4.53. The molecule has 1 aromatic rings. The van der Waals surface area contributed by atoms with Gasteiger partial charge in [-0.25, -0.2) is 18.1 Å². The van der Waals surface area contributed by atoms with Gasteiger partial charge in [-0.15, -0.1) is 0 Å². The highest BCUT2D eigenvalue weighted by atomic mass is 35.5. The molecule has 112 valence electrons. The van der Waals surface area contributed by atoms with E-state index in [1.54, 1.807) is 0 Å². The predicted octanol–water partition coefficient (Wildman–Crippen LogP) is 1.41. The number of hydrogen-bond acceptors (Lipinski definition) is 5. The number of nitrogens with two attached hydrogens (primary N) is 1. The topological polar surface area (TPSA) is 94.3 Å². The van der Waals surface area contributed by atoms with Crippen LogP contribution >= 0.6 is 11.6 Å². The maximum Gasteiger partial charge on any atom is 0.242 e. The van der Waals surface area contributed by atoms with Gasteiger partial charge in [0.05, 0.1) is 5.02 Å². The van der Waals surface area contributed by atoms with E-state index in [-0.39, 0.29) is 21.2 Å². The summed E-state index contributed by atoms with van der Waals surface area (Å²) < 4.78 is 32.3. The van der Waals surface area contributed by atoms with E-state index in [4.69, 9.17) is 22.1 Å². The van der Waals surface area contributed by atoms with Gasteiger partial charge in [-0.05, 0) is 24.3 Å². The second-order valence-corrected chi connectivity index (χ2v) is 7.46. The van der Waals surface area contributed by atoms with Gasteiger partial charge in [0.25, 0.3) is 0 Å². The third kappa shape index (κ3) is 3.60. The number of hydrogen-bond donors (Lipinski definition) is 2. The van der Waals surface area contributed by atoms with E-state index in [1.165, 1.54) is 12.3 Å². The van der Waals surface area contributed by atoms with Crippen molar-refractivity contribution in [2.24, 2.45) is 5.41 Å². The van der Waals surface area contributed by atoms with E-state index in [0.717, 1.165) is 12.8 Å². The van der Waals surface area contributed by atoms with Crippen LogP contribution in [0.2, 0.25) is 5.02 Å². The van der Waals surface area contributed by atoms with Crippen LogP contribution in [-0.2, 0) is 14.8 Å². The largest absolute Gasteiger partial charge is 0.382 e. The quantitative estimate of drug-likeness (QED) is 0.875. The van der Waals surface area contributed by atoms with Crippen molar-refractivity contribution < 1.29 is 13.2 Å². The summed E-state index contributed by atoms with van der Waals surface area (Å²) in [5, 5.41) is 0.130. The molecule has 1 aliphatic heterocycles. The molecule has 0 aliphatic carbocycles. The summed E-state index contributed by atoms with van der Waals surface area (Å²) in [6.45, 7) is 3.73. The summed E-state index contributed by atoms with van der Waals surface area (Å²) in [7, 11) is -3.63. The maximum absolute atomic E-state index is 12.2. The van der Waals surface area contributed by atoms with Gasteiger partial charge >= 0.3 is 0 Å². The van der Waals surface area contributed by atoms with Crippen molar-refractivity contribution in [3.05, 3.63) is 17.3 Å². The van der Waals surface area contributed by atoms with Gasteiger partial charge in [0.15, 0.2) is 0 Å². The van der Waals surface area contributed by atoms with Crippen molar-refractivity contribution in [1.29, 1.82) is 0 Å². The van der Waals surface area contributed by atoms with E-state index in [0.29, 0.717) is 19.8 Å². The first kappa shape index (κ1) is 15.5. The third-order valence-corrected chi connectivity index (χ3v) is 5.21. The lowest BCUT2D eigenvalue weighted by atomic mass is 9.83. The van der Waals surface area contributed by atoms with Crippen LogP contribution in [0.5, 0.6) is 0 Å². The second-order valence-electron chi connectivity index (χ2n) is 5.29. The van der Waals surface area contributed by atoms with Gasteiger partial charge in [-0.1, -0.05) is 18.5 Å². The van der Waals surface area contributed by atoms with E-state index in [2.05, 4.69) is 9.71 Å². The fraction of sp³-hybridized carbons (Fsp3) is 0.583. The maximum atomic E-state index is 12.2. The first-order chi connectivity index (χ1) is 9.32. The monoisotopic (exact) mass is 319 g/mol. The second kappa shape index (κ2) is 5.85. The van der Waals surface area contributed by atoms with E-state index in [1.807, 2.05) is 6.92 Å². The number of nitrogens with zero attached hydrogens (tertiary/aromatic N) is 1. The molecule has 0 atom stereocenters. The Morgan fingerprint density at radius 3 is 2.75 bits per heavy atom. The summed E-state index contributed by atoms with van der Waals surface area (Å²) in [5.41, 5.74) is 5.38. The number of aromatic nitrogens is 1. The van der Waals surface area contributed by atoms with Gasteiger partial charge in [0.2, 0.25) is 10.0 Å². The molecule has 0 bridgehead atoms. The third-order valence-electron chi connectivity index (χ3n) is 3.54. The average Bonchev–Trinajstić information content (AvgIpc) is 2.41. The normalized spacial score (nSPS) is 18.9. The molecule has 0 unspecified atom stereocenters. The Morgan fingerprint density at radius 2 is 2.15 bits per heavy atom. The van der Waals surface area contributed by atoms with E-state index in [9.17, 15) is 8.42 Å². The van der Waals surface area contributed by atoms with Crippen LogP contribution in [0.1, 0.15) is 19.8 Å². The van der Waals surface area contributed by atoms with Crippen LogP contribution in [0.25, 0.3) is 0 Å². The predicted molar refractivity (Wildman–Crippen MR) is 77.0 cm³/mol.